The first-order valence-corrected chi connectivity index (χ1v) is 10.4. The van der Waals surface area contributed by atoms with Crippen molar-refractivity contribution < 1.29 is 9.53 Å². The maximum absolute atomic E-state index is 13.3. The number of pyridine rings is 1. The largest absolute Gasteiger partial charge is 0.496 e. The Labute approximate surface area is 173 Å². The van der Waals surface area contributed by atoms with Crippen LogP contribution < -0.4 is 4.74 Å². The summed E-state index contributed by atoms with van der Waals surface area (Å²) in [5.41, 5.74) is 4.03. The van der Waals surface area contributed by atoms with Crippen LogP contribution in [-0.4, -0.2) is 40.4 Å². The third-order valence-corrected chi connectivity index (χ3v) is 5.34. The Kier molecular flexibility index (Phi) is 6.91. The smallest absolute Gasteiger partial charge is 0.223 e. The third kappa shape index (κ3) is 4.44. The highest BCUT2D eigenvalue weighted by Crippen LogP contribution is 2.35. The molecule has 5 heteroatoms. The lowest BCUT2D eigenvalue weighted by molar-refractivity contribution is -0.131. The van der Waals surface area contributed by atoms with Gasteiger partial charge in [0.05, 0.1) is 12.8 Å². The van der Waals surface area contributed by atoms with Gasteiger partial charge in [0.1, 0.15) is 11.4 Å². The number of nitrogens with zero attached hydrogens (tertiary/aromatic N) is 3. The van der Waals surface area contributed by atoms with Crippen molar-refractivity contribution in [1.82, 2.24) is 14.3 Å². The normalized spacial score (nSPS) is 12.1. The van der Waals surface area contributed by atoms with Gasteiger partial charge in [0.25, 0.3) is 0 Å². The van der Waals surface area contributed by atoms with E-state index in [9.17, 15) is 4.79 Å². The number of fused-ring (bicyclic) bond motifs is 1. The molecule has 1 atom stereocenters. The standard InChI is InChI=1S/C24H31N3O2/c1-5-14-26(15-6-2)24(28)16-20(19-11-7-8-12-22(19)29-4)21-17-25-23-13-9-10-18(3)27(21)23/h7-13,17,20H,5-6,14-16H2,1-4H3/t20-/m1/s1. The van der Waals surface area contributed by atoms with Crippen molar-refractivity contribution >= 4 is 11.6 Å². The van der Waals surface area contributed by atoms with Crippen LogP contribution in [0.1, 0.15) is 56.0 Å². The average molecular weight is 394 g/mol. The van der Waals surface area contributed by atoms with E-state index in [0.29, 0.717) is 6.42 Å². The molecule has 154 valence electrons. The number of aromatic nitrogens is 2. The molecule has 5 nitrogen and oxygen atoms in total. The zero-order valence-electron chi connectivity index (χ0n) is 17.9. The van der Waals surface area contributed by atoms with Crippen LogP contribution in [0.4, 0.5) is 0 Å². The molecule has 0 fully saturated rings. The molecule has 0 saturated carbocycles. The molecule has 3 rings (SSSR count). The van der Waals surface area contributed by atoms with Gasteiger partial charge in [-0.15, -0.1) is 0 Å². The Morgan fingerprint density at radius 1 is 1.10 bits per heavy atom. The SMILES string of the molecule is CCCN(CCC)C(=O)C[C@H](c1ccccc1OC)c1cnc2cccc(C)n12. The Morgan fingerprint density at radius 3 is 2.52 bits per heavy atom. The van der Waals surface area contributed by atoms with Crippen molar-refractivity contribution in [3.05, 3.63) is 65.6 Å². The van der Waals surface area contributed by atoms with Crippen LogP contribution >= 0.6 is 0 Å². The number of carbonyl (C=O) groups is 1. The van der Waals surface area contributed by atoms with E-state index in [1.54, 1.807) is 7.11 Å². The summed E-state index contributed by atoms with van der Waals surface area (Å²) in [5, 5.41) is 0. The molecule has 2 heterocycles. The maximum atomic E-state index is 13.3. The van der Waals surface area contributed by atoms with Crippen LogP contribution in [0.5, 0.6) is 5.75 Å². The van der Waals surface area contributed by atoms with Crippen LogP contribution in [0.25, 0.3) is 5.65 Å². The monoisotopic (exact) mass is 393 g/mol. The molecule has 0 aliphatic rings. The zero-order chi connectivity index (χ0) is 20.8. The molecule has 0 N–H and O–H groups in total. The molecule has 0 spiro atoms. The Bertz CT molecular complexity index is 958. The summed E-state index contributed by atoms with van der Waals surface area (Å²) < 4.78 is 7.80. The van der Waals surface area contributed by atoms with Crippen molar-refractivity contribution in [2.24, 2.45) is 0 Å². The highest BCUT2D eigenvalue weighted by Gasteiger charge is 2.27. The predicted molar refractivity (Wildman–Crippen MR) is 117 cm³/mol. The summed E-state index contributed by atoms with van der Waals surface area (Å²) in [5.74, 6) is 0.838. The second-order valence-electron chi connectivity index (χ2n) is 7.42. The minimum Gasteiger partial charge on any atom is -0.496 e. The van der Waals surface area contributed by atoms with E-state index in [1.807, 2.05) is 41.4 Å². The second-order valence-corrected chi connectivity index (χ2v) is 7.42. The van der Waals surface area contributed by atoms with E-state index in [1.165, 1.54) is 0 Å². The lowest BCUT2D eigenvalue weighted by Gasteiger charge is -2.26. The molecule has 0 unspecified atom stereocenters. The van der Waals surface area contributed by atoms with Gasteiger partial charge in [-0.1, -0.05) is 38.1 Å². The topological polar surface area (TPSA) is 46.8 Å². The Morgan fingerprint density at radius 2 is 1.83 bits per heavy atom. The molecule has 0 radical (unpaired) electrons. The number of ether oxygens (including phenoxy) is 1. The lowest BCUT2D eigenvalue weighted by atomic mass is 9.91. The zero-order valence-corrected chi connectivity index (χ0v) is 17.9. The molecule has 29 heavy (non-hydrogen) atoms. The van der Waals surface area contributed by atoms with E-state index in [0.717, 1.165) is 54.3 Å². The number of hydrogen-bond acceptors (Lipinski definition) is 3. The summed E-state index contributed by atoms with van der Waals surface area (Å²) in [4.78, 5) is 19.9. The molecule has 3 aromatic rings. The van der Waals surface area contributed by atoms with Gasteiger partial charge in [-0.25, -0.2) is 4.98 Å². The van der Waals surface area contributed by atoms with Gasteiger partial charge in [-0.05, 0) is 38.0 Å². The number of carbonyl (C=O) groups excluding carboxylic acids is 1. The average Bonchev–Trinajstić information content (AvgIpc) is 3.17. The van der Waals surface area contributed by atoms with E-state index in [4.69, 9.17) is 4.74 Å². The van der Waals surface area contributed by atoms with Crippen molar-refractivity contribution in [2.75, 3.05) is 20.2 Å². The summed E-state index contributed by atoms with van der Waals surface area (Å²) in [6, 6.07) is 14.0. The minimum absolute atomic E-state index is 0.133. The maximum Gasteiger partial charge on any atom is 0.223 e. The predicted octanol–water partition coefficient (Wildman–Crippen LogP) is 4.82. The van der Waals surface area contributed by atoms with Crippen LogP contribution in [0.3, 0.4) is 0 Å². The number of rotatable bonds is 9. The second kappa shape index (κ2) is 9.59. The van der Waals surface area contributed by atoms with Crippen molar-refractivity contribution in [2.45, 2.75) is 46.0 Å². The third-order valence-electron chi connectivity index (χ3n) is 5.34. The first kappa shape index (κ1) is 20.9. The number of para-hydroxylation sites is 1. The summed E-state index contributed by atoms with van der Waals surface area (Å²) in [6.07, 6.45) is 4.21. The number of amides is 1. The molecule has 0 aliphatic heterocycles. The van der Waals surface area contributed by atoms with Crippen LogP contribution in [0, 0.1) is 6.92 Å². The fraction of sp³-hybridized carbons (Fsp3) is 0.417. The summed E-state index contributed by atoms with van der Waals surface area (Å²) in [7, 11) is 1.68. The highest BCUT2D eigenvalue weighted by molar-refractivity contribution is 5.78. The molecule has 1 aromatic carbocycles. The number of hydrogen-bond donors (Lipinski definition) is 0. The number of methoxy groups -OCH3 is 1. The summed E-state index contributed by atoms with van der Waals surface area (Å²) >= 11 is 0. The van der Waals surface area contributed by atoms with E-state index < -0.39 is 0 Å². The van der Waals surface area contributed by atoms with Crippen LogP contribution in [-0.2, 0) is 4.79 Å². The van der Waals surface area contributed by atoms with Gasteiger partial charge < -0.3 is 14.0 Å². The molecule has 0 bridgehead atoms. The number of imidazole rings is 1. The van der Waals surface area contributed by atoms with Gasteiger partial charge in [-0.2, -0.15) is 0 Å². The lowest BCUT2D eigenvalue weighted by Crippen LogP contribution is -2.33. The van der Waals surface area contributed by atoms with Crippen LogP contribution in [0.15, 0.2) is 48.7 Å². The first-order valence-electron chi connectivity index (χ1n) is 10.4. The van der Waals surface area contributed by atoms with E-state index in [2.05, 4.69) is 42.3 Å². The van der Waals surface area contributed by atoms with Crippen molar-refractivity contribution in [1.29, 1.82) is 0 Å². The molecule has 1 amide bonds. The molecule has 0 saturated heterocycles. The molecule has 0 aliphatic carbocycles. The van der Waals surface area contributed by atoms with Gasteiger partial charge in [0.15, 0.2) is 0 Å². The number of benzene rings is 1. The van der Waals surface area contributed by atoms with E-state index in [-0.39, 0.29) is 11.8 Å². The first-order chi connectivity index (χ1) is 14.1. The minimum atomic E-state index is -0.133. The fourth-order valence-corrected chi connectivity index (χ4v) is 4.01. The summed E-state index contributed by atoms with van der Waals surface area (Å²) in [6.45, 7) is 7.87. The molecule has 2 aromatic heterocycles. The van der Waals surface area contributed by atoms with Gasteiger partial charge >= 0.3 is 0 Å². The quantitative estimate of drug-likeness (QED) is 0.523. The van der Waals surface area contributed by atoms with Crippen LogP contribution in [0.2, 0.25) is 0 Å². The van der Waals surface area contributed by atoms with E-state index >= 15 is 0 Å². The highest BCUT2D eigenvalue weighted by atomic mass is 16.5. The van der Waals surface area contributed by atoms with Gasteiger partial charge in [0.2, 0.25) is 5.91 Å². The fourth-order valence-electron chi connectivity index (χ4n) is 4.01. The molecular formula is C24H31N3O2. The van der Waals surface area contributed by atoms with Crippen molar-refractivity contribution in [3.8, 4) is 5.75 Å². The van der Waals surface area contributed by atoms with Gasteiger partial charge in [-0.3, -0.25) is 4.79 Å². The molecular weight excluding hydrogens is 362 g/mol. The van der Waals surface area contributed by atoms with Gasteiger partial charge in [0, 0.05) is 42.9 Å². The van der Waals surface area contributed by atoms with Crippen molar-refractivity contribution in [3.63, 3.8) is 0 Å². The number of aryl methyl sites for hydroxylation is 1. The Balaban J connectivity index is 2.08. The Hall–Kier alpha value is -2.82.